The van der Waals surface area contributed by atoms with Crippen molar-refractivity contribution in [3.63, 3.8) is 0 Å². The summed E-state index contributed by atoms with van der Waals surface area (Å²) >= 11 is 3.49. The molecule has 0 bridgehead atoms. The van der Waals surface area contributed by atoms with Gasteiger partial charge in [0.2, 0.25) is 0 Å². The monoisotopic (exact) mass is 331 g/mol. The molecule has 19 heavy (non-hydrogen) atoms. The van der Waals surface area contributed by atoms with Gasteiger partial charge in [0.15, 0.2) is 0 Å². The number of halogens is 1. The maximum absolute atomic E-state index is 3.49. The molecule has 1 rings (SSSR count). The van der Waals surface area contributed by atoms with Gasteiger partial charge in [-0.15, -0.1) is 0 Å². The molecule has 0 aromatic heterocycles. The van der Waals surface area contributed by atoms with E-state index in [-0.39, 0.29) is 0 Å². The van der Waals surface area contributed by atoms with Crippen LogP contribution in [0.5, 0.6) is 0 Å². The lowest BCUT2D eigenvalue weighted by molar-refractivity contribution is 0.230. The first kappa shape index (κ1) is 17.5. The Bertz CT molecular complexity index is 190. The maximum Gasteiger partial charge on any atom is 0.00313 e. The minimum Gasteiger partial charge on any atom is -0.306 e. The van der Waals surface area contributed by atoms with Gasteiger partial charge in [-0.1, -0.05) is 67.3 Å². The summed E-state index contributed by atoms with van der Waals surface area (Å²) in [5.74, 6) is 1.00. The lowest BCUT2D eigenvalue weighted by Crippen LogP contribution is -2.27. The van der Waals surface area contributed by atoms with Gasteiger partial charge in [0.25, 0.3) is 0 Å². The van der Waals surface area contributed by atoms with Gasteiger partial charge >= 0.3 is 0 Å². The molecule has 0 atom stereocenters. The molecule has 2 heteroatoms. The van der Waals surface area contributed by atoms with Crippen molar-refractivity contribution >= 4 is 15.9 Å². The number of unbranched alkanes of at least 4 members (excludes halogenated alkanes) is 6. The van der Waals surface area contributed by atoms with Gasteiger partial charge in [0.1, 0.15) is 0 Å². The van der Waals surface area contributed by atoms with Crippen molar-refractivity contribution in [2.75, 3.05) is 25.5 Å². The van der Waals surface area contributed by atoms with Crippen LogP contribution in [0.15, 0.2) is 0 Å². The van der Waals surface area contributed by atoms with Crippen molar-refractivity contribution in [1.82, 2.24) is 4.90 Å². The Morgan fingerprint density at radius 2 is 1.42 bits per heavy atom. The quantitative estimate of drug-likeness (QED) is 0.350. The molecule has 1 saturated carbocycles. The number of nitrogens with zero attached hydrogens (tertiary/aromatic N) is 1. The van der Waals surface area contributed by atoms with Gasteiger partial charge < -0.3 is 4.90 Å². The molecule has 0 heterocycles. The lowest BCUT2D eigenvalue weighted by atomic mass is 9.89. The topological polar surface area (TPSA) is 3.24 Å². The molecule has 1 fully saturated rings. The van der Waals surface area contributed by atoms with Crippen LogP contribution in [0.25, 0.3) is 0 Å². The van der Waals surface area contributed by atoms with E-state index in [0.29, 0.717) is 0 Å². The van der Waals surface area contributed by atoms with E-state index in [1.54, 1.807) is 0 Å². The highest BCUT2D eigenvalue weighted by molar-refractivity contribution is 9.09. The molecule has 0 spiro atoms. The summed E-state index contributed by atoms with van der Waals surface area (Å²) in [6, 6.07) is 0. The first-order valence-electron chi connectivity index (χ1n) is 8.57. The fourth-order valence-corrected chi connectivity index (χ4v) is 3.66. The van der Waals surface area contributed by atoms with Crippen molar-refractivity contribution in [3.05, 3.63) is 0 Å². The zero-order valence-corrected chi connectivity index (χ0v) is 14.6. The molecular formula is C17H34BrN. The Morgan fingerprint density at radius 3 is 2.05 bits per heavy atom. The Labute approximate surface area is 129 Å². The van der Waals surface area contributed by atoms with Crippen molar-refractivity contribution < 1.29 is 0 Å². The normalized spacial score (nSPS) is 17.2. The summed E-state index contributed by atoms with van der Waals surface area (Å²) < 4.78 is 0. The van der Waals surface area contributed by atoms with E-state index < -0.39 is 0 Å². The van der Waals surface area contributed by atoms with Crippen molar-refractivity contribution in [1.29, 1.82) is 0 Å². The van der Waals surface area contributed by atoms with E-state index in [1.165, 1.54) is 95.5 Å². The molecule has 0 aliphatic heterocycles. The molecule has 0 aromatic rings. The fraction of sp³-hybridized carbons (Fsp3) is 1.00. The van der Waals surface area contributed by atoms with Gasteiger partial charge in [0.05, 0.1) is 0 Å². The van der Waals surface area contributed by atoms with E-state index in [1.807, 2.05) is 0 Å². The summed E-state index contributed by atoms with van der Waals surface area (Å²) in [6.45, 7) is 2.67. The highest BCUT2D eigenvalue weighted by Gasteiger charge is 2.14. The molecule has 0 radical (unpaired) electrons. The summed E-state index contributed by atoms with van der Waals surface area (Å²) in [5.41, 5.74) is 0. The standard InChI is InChI=1S/C17H34BrN/c1-19(16-17-12-8-7-9-13-17)15-11-6-4-2-3-5-10-14-18/h17H,2-16H2,1H3. The Hall–Kier alpha value is 0.440. The molecule has 0 aromatic carbocycles. The molecule has 114 valence electrons. The lowest BCUT2D eigenvalue weighted by Gasteiger charge is -2.26. The third kappa shape index (κ3) is 9.90. The fourth-order valence-electron chi connectivity index (χ4n) is 3.26. The van der Waals surface area contributed by atoms with Crippen molar-refractivity contribution in [3.8, 4) is 0 Å². The smallest absolute Gasteiger partial charge is 0.00313 e. The van der Waals surface area contributed by atoms with Crippen LogP contribution in [0.1, 0.15) is 77.0 Å². The molecule has 0 amide bonds. The summed E-state index contributed by atoms with van der Waals surface area (Å²) in [4.78, 5) is 2.58. The van der Waals surface area contributed by atoms with Crippen LogP contribution in [0.3, 0.4) is 0 Å². The van der Waals surface area contributed by atoms with E-state index in [9.17, 15) is 0 Å². The van der Waals surface area contributed by atoms with Gasteiger partial charge in [-0.25, -0.2) is 0 Å². The SMILES string of the molecule is CN(CCCCCCCCCBr)CC1CCCCC1. The zero-order valence-electron chi connectivity index (χ0n) is 13.0. The number of hydrogen-bond acceptors (Lipinski definition) is 1. The first-order valence-corrected chi connectivity index (χ1v) is 9.69. The largest absolute Gasteiger partial charge is 0.306 e. The van der Waals surface area contributed by atoms with Crippen molar-refractivity contribution in [2.45, 2.75) is 77.0 Å². The van der Waals surface area contributed by atoms with Crippen LogP contribution in [0.2, 0.25) is 0 Å². The first-order chi connectivity index (χ1) is 9.33. The van der Waals surface area contributed by atoms with Crippen LogP contribution in [0, 0.1) is 5.92 Å². The van der Waals surface area contributed by atoms with E-state index in [2.05, 4.69) is 27.9 Å². The zero-order chi connectivity index (χ0) is 13.8. The minimum atomic E-state index is 1.00. The minimum absolute atomic E-state index is 1.00. The number of hydrogen-bond donors (Lipinski definition) is 0. The van der Waals surface area contributed by atoms with E-state index in [0.717, 1.165) is 5.92 Å². The third-order valence-electron chi connectivity index (χ3n) is 4.47. The van der Waals surface area contributed by atoms with Gasteiger partial charge in [0, 0.05) is 11.9 Å². The average molecular weight is 332 g/mol. The number of alkyl halides is 1. The Balaban J connectivity index is 1.85. The van der Waals surface area contributed by atoms with Crippen LogP contribution in [0.4, 0.5) is 0 Å². The van der Waals surface area contributed by atoms with Gasteiger partial charge in [-0.05, 0) is 45.2 Å². The Morgan fingerprint density at radius 1 is 0.842 bits per heavy atom. The predicted molar refractivity (Wildman–Crippen MR) is 90.2 cm³/mol. The number of rotatable bonds is 11. The second kappa shape index (κ2) is 12.2. The summed E-state index contributed by atoms with van der Waals surface area (Å²) in [5, 5.41) is 1.18. The second-order valence-electron chi connectivity index (χ2n) is 6.43. The second-order valence-corrected chi connectivity index (χ2v) is 7.22. The van der Waals surface area contributed by atoms with Crippen LogP contribution in [-0.2, 0) is 0 Å². The molecule has 1 nitrogen and oxygen atoms in total. The molecule has 0 saturated heterocycles. The maximum atomic E-state index is 3.49. The van der Waals surface area contributed by atoms with Crippen LogP contribution in [-0.4, -0.2) is 30.4 Å². The average Bonchev–Trinajstić information content (AvgIpc) is 2.43. The molecule has 1 aliphatic rings. The summed E-state index contributed by atoms with van der Waals surface area (Å²) in [6.07, 6.45) is 17.3. The summed E-state index contributed by atoms with van der Waals surface area (Å²) in [7, 11) is 2.32. The van der Waals surface area contributed by atoms with Gasteiger partial charge in [-0.3, -0.25) is 0 Å². The highest BCUT2D eigenvalue weighted by Crippen LogP contribution is 2.24. The van der Waals surface area contributed by atoms with Crippen LogP contribution >= 0.6 is 15.9 Å². The van der Waals surface area contributed by atoms with E-state index in [4.69, 9.17) is 0 Å². The Kier molecular flexibility index (Phi) is 11.2. The molecule has 0 N–H and O–H groups in total. The molecular weight excluding hydrogens is 298 g/mol. The van der Waals surface area contributed by atoms with Gasteiger partial charge in [-0.2, -0.15) is 0 Å². The highest BCUT2D eigenvalue weighted by atomic mass is 79.9. The van der Waals surface area contributed by atoms with Crippen LogP contribution < -0.4 is 0 Å². The molecule has 1 aliphatic carbocycles. The third-order valence-corrected chi connectivity index (χ3v) is 5.03. The molecule has 0 unspecified atom stereocenters. The van der Waals surface area contributed by atoms with Crippen molar-refractivity contribution in [2.24, 2.45) is 5.92 Å². The van der Waals surface area contributed by atoms with E-state index >= 15 is 0 Å². The predicted octanol–water partition coefficient (Wildman–Crippen LogP) is 5.62.